The highest BCUT2D eigenvalue weighted by Crippen LogP contribution is 2.49. The standard InChI is InChI=1S/C20H15BrClNO3/c1-26-15-8-13(19(22)18(21)20(15)25)12-9-16(24)23-14-7-6-10-4-2-3-5-11(10)17(12)14/h2-8,12,25H,9H2,1H3,(H,23,24). The van der Waals surface area contributed by atoms with E-state index >= 15 is 0 Å². The van der Waals surface area contributed by atoms with Gasteiger partial charge in [0.2, 0.25) is 5.91 Å². The molecule has 1 unspecified atom stereocenters. The number of carbonyl (C=O) groups excluding carboxylic acids is 1. The van der Waals surface area contributed by atoms with Gasteiger partial charge in [0.05, 0.1) is 16.6 Å². The number of carbonyl (C=O) groups is 1. The zero-order valence-electron chi connectivity index (χ0n) is 13.8. The van der Waals surface area contributed by atoms with Crippen molar-refractivity contribution in [2.24, 2.45) is 0 Å². The molecule has 26 heavy (non-hydrogen) atoms. The number of methoxy groups -OCH3 is 1. The summed E-state index contributed by atoms with van der Waals surface area (Å²) in [7, 11) is 1.48. The van der Waals surface area contributed by atoms with E-state index in [1.807, 2.05) is 36.4 Å². The van der Waals surface area contributed by atoms with Crippen LogP contribution in [0.15, 0.2) is 46.9 Å². The zero-order chi connectivity index (χ0) is 18.4. The fourth-order valence-electron chi connectivity index (χ4n) is 3.56. The highest BCUT2D eigenvalue weighted by Gasteiger charge is 2.31. The third-order valence-electron chi connectivity index (χ3n) is 4.75. The van der Waals surface area contributed by atoms with Crippen LogP contribution in [-0.2, 0) is 4.79 Å². The third-order valence-corrected chi connectivity index (χ3v) is 6.16. The van der Waals surface area contributed by atoms with Gasteiger partial charge in [0, 0.05) is 18.0 Å². The summed E-state index contributed by atoms with van der Waals surface area (Å²) >= 11 is 9.86. The first-order chi connectivity index (χ1) is 12.5. The van der Waals surface area contributed by atoms with Gasteiger partial charge in [-0.25, -0.2) is 0 Å². The number of phenolic OH excluding ortho intramolecular Hbond substituents is 1. The van der Waals surface area contributed by atoms with Gasteiger partial charge in [-0.05, 0) is 50.0 Å². The number of fused-ring (bicyclic) bond motifs is 3. The molecule has 0 bridgehead atoms. The summed E-state index contributed by atoms with van der Waals surface area (Å²) < 4.78 is 5.64. The highest BCUT2D eigenvalue weighted by atomic mass is 79.9. The quantitative estimate of drug-likeness (QED) is 0.566. The minimum Gasteiger partial charge on any atom is -0.503 e. The number of nitrogens with one attached hydrogen (secondary N) is 1. The molecule has 4 rings (SSSR count). The Hall–Kier alpha value is -2.24. The summed E-state index contributed by atoms with van der Waals surface area (Å²) in [5.41, 5.74) is 2.54. The van der Waals surface area contributed by atoms with Crippen LogP contribution < -0.4 is 10.1 Å². The van der Waals surface area contributed by atoms with E-state index in [1.165, 1.54) is 7.11 Å². The Kier molecular flexibility index (Phi) is 4.29. The van der Waals surface area contributed by atoms with Crippen LogP contribution in [0.4, 0.5) is 5.69 Å². The lowest BCUT2D eigenvalue weighted by Crippen LogP contribution is -2.24. The molecule has 0 aromatic heterocycles. The molecule has 3 aromatic rings. The maximum Gasteiger partial charge on any atom is 0.225 e. The number of phenols is 1. The summed E-state index contributed by atoms with van der Waals surface area (Å²) in [6.07, 6.45) is 0.265. The molecule has 1 atom stereocenters. The SMILES string of the molecule is COc1cc(C2CC(=O)Nc3ccc4ccccc4c32)c(Cl)c(Br)c1O. The Bertz CT molecular complexity index is 1050. The monoisotopic (exact) mass is 431 g/mol. The Morgan fingerprint density at radius 3 is 2.81 bits per heavy atom. The van der Waals surface area contributed by atoms with E-state index < -0.39 is 0 Å². The summed E-state index contributed by atoms with van der Waals surface area (Å²) in [6.45, 7) is 0. The largest absolute Gasteiger partial charge is 0.503 e. The number of anilines is 1. The normalized spacial score (nSPS) is 16.3. The van der Waals surface area contributed by atoms with E-state index in [2.05, 4.69) is 21.2 Å². The van der Waals surface area contributed by atoms with Crippen molar-refractivity contribution in [1.82, 2.24) is 0 Å². The number of amides is 1. The van der Waals surface area contributed by atoms with Gasteiger partial charge in [-0.15, -0.1) is 0 Å². The lowest BCUT2D eigenvalue weighted by molar-refractivity contribution is -0.116. The van der Waals surface area contributed by atoms with Gasteiger partial charge in [0.25, 0.3) is 0 Å². The third kappa shape index (κ3) is 2.63. The summed E-state index contributed by atoms with van der Waals surface area (Å²) in [4.78, 5) is 12.3. The van der Waals surface area contributed by atoms with E-state index in [0.29, 0.717) is 15.2 Å². The predicted molar refractivity (Wildman–Crippen MR) is 106 cm³/mol. The lowest BCUT2D eigenvalue weighted by Gasteiger charge is -2.29. The number of rotatable bonds is 2. The molecule has 1 amide bonds. The first kappa shape index (κ1) is 17.2. The molecule has 1 aliphatic rings. The Labute approximate surface area is 163 Å². The maximum atomic E-state index is 12.3. The molecule has 6 heteroatoms. The summed E-state index contributed by atoms with van der Waals surface area (Å²) in [6, 6.07) is 13.7. The number of hydrogen-bond acceptors (Lipinski definition) is 3. The number of hydrogen-bond donors (Lipinski definition) is 2. The molecule has 0 saturated carbocycles. The molecule has 132 valence electrons. The molecular formula is C20H15BrClNO3. The van der Waals surface area contributed by atoms with Crippen molar-refractivity contribution in [3.8, 4) is 11.5 Å². The second-order valence-corrected chi connectivity index (χ2v) is 7.37. The number of halogens is 2. The molecule has 1 heterocycles. The maximum absolute atomic E-state index is 12.3. The van der Waals surface area contributed by atoms with Gasteiger partial charge in [0.15, 0.2) is 11.5 Å². The minimum absolute atomic E-state index is 0.0559. The summed E-state index contributed by atoms with van der Waals surface area (Å²) in [5.74, 6) is -0.0659. The van der Waals surface area contributed by atoms with Gasteiger partial charge >= 0.3 is 0 Å². The van der Waals surface area contributed by atoms with Crippen molar-refractivity contribution in [2.75, 3.05) is 12.4 Å². The van der Waals surface area contributed by atoms with Crippen LogP contribution in [0.25, 0.3) is 10.8 Å². The molecule has 2 N–H and O–H groups in total. The van der Waals surface area contributed by atoms with E-state index in [4.69, 9.17) is 16.3 Å². The minimum atomic E-state index is -0.247. The van der Waals surface area contributed by atoms with Crippen LogP contribution in [0.1, 0.15) is 23.5 Å². The molecule has 0 radical (unpaired) electrons. The van der Waals surface area contributed by atoms with Crippen molar-refractivity contribution < 1.29 is 14.6 Å². The van der Waals surface area contributed by atoms with Crippen molar-refractivity contribution in [2.45, 2.75) is 12.3 Å². The first-order valence-corrected chi connectivity index (χ1v) is 9.24. The Balaban J connectivity index is 2.02. The highest BCUT2D eigenvalue weighted by molar-refractivity contribution is 9.10. The van der Waals surface area contributed by atoms with Gasteiger partial charge in [0.1, 0.15) is 0 Å². The van der Waals surface area contributed by atoms with Crippen molar-refractivity contribution >= 4 is 49.9 Å². The van der Waals surface area contributed by atoms with Gasteiger partial charge < -0.3 is 15.2 Å². The Morgan fingerprint density at radius 1 is 1.27 bits per heavy atom. The van der Waals surface area contributed by atoms with Crippen LogP contribution in [0.3, 0.4) is 0 Å². The molecule has 0 aliphatic carbocycles. The average molecular weight is 433 g/mol. The van der Waals surface area contributed by atoms with E-state index in [0.717, 1.165) is 27.6 Å². The molecule has 0 fully saturated rings. The lowest BCUT2D eigenvalue weighted by atomic mass is 9.82. The molecule has 4 nitrogen and oxygen atoms in total. The second-order valence-electron chi connectivity index (χ2n) is 6.20. The van der Waals surface area contributed by atoms with Crippen LogP contribution in [-0.4, -0.2) is 18.1 Å². The van der Waals surface area contributed by atoms with E-state index in [-0.39, 0.29) is 24.0 Å². The molecule has 3 aromatic carbocycles. The van der Waals surface area contributed by atoms with Crippen LogP contribution >= 0.6 is 27.5 Å². The smallest absolute Gasteiger partial charge is 0.225 e. The molecular weight excluding hydrogens is 418 g/mol. The van der Waals surface area contributed by atoms with Crippen LogP contribution in [0, 0.1) is 0 Å². The van der Waals surface area contributed by atoms with Gasteiger partial charge in [-0.3, -0.25) is 4.79 Å². The van der Waals surface area contributed by atoms with Crippen molar-refractivity contribution in [3.63, 3.8) is 0 Å². The fraction of sp³-hybridized carbons (Fsp3) is 0.150. The number of ether oxygens (including phenoxy) is 1. The molecule has 0 saturated heterocycles. The summed E-state index contributed by atoms with van der Waals surface area (Å²) in [5, 5.41) is 15.7. The Morgan fingerprint density at radius 2 is 2.04 bits per heavy atom. The van der Waals surface area contributed by atoms with Gasteiger partial charge in [-0.1, -0.05) is 41.9 Å². The number of aromatic hydroxyl groups is 1. The predicted octanol–water partition coefficient (Wildman–Crippen LogP) is 5.44. The van der Waals surface area contributed by atoms with Crippen molar-refractivity contribution in [3.05, 3.63) is 63.1 Å². The topological polar surface area (TPSA) is 58.6 Å². The zero-order valence-corrected chi connectivity index (χ0v) is 16.2. The average Bonchev–Trinajstić information content (AvgIpc) is 2.65. The molecule has 1 aliphatic heterocycles. The first-order valence-electron chi connectivity index (χ1n) is 8.07. The van der Waals surface area contributed by atoms with Crippen LogP contribution in [0.2, 0.25) is 5.02 Å². The molecule has 0 spiro atoms. The van der Waals surface area contributed by atoms with Crippen molar-refractivity contribution in [1.29, 1.82) is 0 Å². The van der Waals surface area contributed by atoms with E-state index in [1.54, 1.807) is 6.07 Å². The number of benzene rings is 3. The van der Waals surface area contributed by atoms with Crippen LogP contribution in [0.5, 0.6) is 11.5 Å². The van der Waals surface area contributed by atoms with Gasteiger partial charge in [-0.2, -0.15) is 0 Å². The van der Waals surface area contributed by atoms with E-state index in [9.17, 15) is 9.90 Å². The second kappa shape index (κ2) is 6.49. The fourth-order valence-corrected chi connectivity index (χ4v) is 4.26.